The molecular formula is C8H4ClF6N3. The summed E-state index contributed by atoms with van der Waals surface area (Å²) in [6, 6.07) is 0.528. The van der Waals surface area contributed by atoms with Gasteiger partial charge in [-0.25, -0.2) is 4.98 Å². The molecule has 1 aromatic heterocycles. The maximum absolute atomic E-state index is 12.2. The summed E-state index contributed by atoms with van der Waals surface area (Å²) in [6.07, 6.45) is -9.24. The molecule has 0 unspecified atom stereocenters. The highest BCUT2D eigenvalue weighted by Crippen LogP contribution is 2.32. The lowest BCUT2D eigenvalue weighted by atomic mass is 10.3. The number of hydrogen-bond acceptors (Lipinski definition) is 3. The van der Waals surface area contributed by atoms with Crippen molar-refractivity contribution in [3.63, 3.8) is 0 Å². The van der Waals surface area contributed by atoms with E-state index in [0.29, 0.717) is 12.3 Å². The molecule has 0 atom stereocenters. The minimum Gasteiger partial charge on any atom is -0.260 e. The molecule has 0 radical (unpaired) electrons. The van der Waals surface area contributed by atoms with Gasteiger partial charge in [-0.3, -0.25) is 5.43 Å². The quantitative estimate of drug-likeness (QED) is 0.512. The van der Waals surface area contributed by atoms with Gasteiger partial charge in [0.2, 0.25) is 0 Å². The fourth-order valence-electron chi connectivity index (χ4n) is 0.842. The number of halogens is 7. The van der Waals surface area contributed by atoms with Gasteiger partial charge in [0.25, 0.3) is 0 Å². The average Bonchev–Trinajstić information content (AvgIpc) is 2.17. The molecule has 0 aromatic carbocycles. The zero-order valence-electron chi connectivity index (χ0n) is 8.27. The highest BCUT2D eigenvalue weighted by Gasteiger charge is 2.31. The van der Waals surface area contributed by atoms with E-state index in [9.17, 15) is 26.3 Å². The van der Waals surface area contributed by atoms with Gasteiger partial charge in [-0.1, -0.05) is 11.6 Å². The van der Waals surface area contributed by atoms with Crippen LogP contribution in [-0.4, -0.2) is 17.4 Å². The molecule has 0 saturated carbocycles. The van der Waals surface area contributed by atoms with Crippen LogP contribution in [0.2, 0.25) is 5.02 Å². The van der Waals surface area contributed by atoms with Crippen LogP contribution in [0, 0.1) is 0 Å². The van der Waals surface area contributed by atoms with Gasteiger partial charge in [-0.2, -0.15) is 31.4 Å². The number of hydrogen-bond donors (Lipinski definition) is 1. The number of nitrogens with one attached hydrogen (secondary N) is 1. The number of alkyl halides is 6. The summed E-state index contributed by atoms with van der Waals surface area (Å²) >= 11 is 5.41. The fraction of sp³-hybridized carbons (Fsp3) is 0.250. The SMILES string of the molecule is FC(F)(F)/C=N/Nc1ncc(C(F)(F)F)cc1Cl. The maximum Gasteiger partial charge on any atom is 0.428 e. The molecular weight excluding hydrogens is 288 g/mol. The van der Waals surface area contributed by atoms with Gasteiger partial charge in [0.1, 0.15) is 6.21 Å². The van der Waals surface area contributed by atoms with Crippen LogP contribution in [0.5, 0.6) is 0 Å². The van der Waals surface area contributed by atoms with Crippen molar-refractivity contribution in [2.24, 2.45) is 5.10 Å². The molecule has 0 fully saturated rings. The minimum absolute atomic E-state index is 0.386. The van der Waals surface area contributed by atoms with E-state index in [2.05, 4.69) is 10.1 Å². The molecule has 1 N–H and O–H groups in total. The molecule has 0 aliphatic rings. The Labute approximate surface area is 101 Å². The highest BCUT2D eigenvalue weighted by atomic mass is 35.5. The van der Waals surface area contributed by atoms with Crippen LogP contribution in [0.4, 0.5) is 32.2 Å². The summed E-state index contributed by atoms with van der Waals surface area (Å²) in [5.41, 5.74) is 0.674. The first-order valence-corrected chi connectivity index (χ1v) is 4.57. The van der Waals surface area contributed by atoms with Crippen LogP contribution >= 0.6 is 11.6 Å². The van der Waals surface area contributed by atoms with Crippen LogP contribution in [0.25, 0.3) is 0 Å². The van der Waals surface area contributed by atoms with Gasteiger partial charge < -0.3 is 0 Å². The third-order valence-electron chi connectivity index (χ3n) is 1.55. The van der Waals surface area contributed by atoms with Crippen molar-refractivity contribution in [1.29, 1.82) is 0 Å². The van der Waals surface area contributed by atoms with Gasteiger partial charge in [-0.15, -0.1) is 0 Å². The molecule has 0 spiro atoms. The van der Waals surface area contributed by atoms with E-state index in [1.165, 1.54) is 0 Å². The first kappa shape index (κ1) is 14.6. The number of rotatable bonds is 2. The lowest BCUT2D eigenvalue weighted by molar-refractivity contribution is -0.137. The highest BCUT2D eigenvalue weighted by molar-refractivity contribution is 6.32. The lowest BCUT2D eigenvalue weighted by Gasteiger charge is -2.08. The Morgan fingerprint density at radius 3 is 2.28 bits per heavy atom. The van der Waals surface area contributed by atoms with E-state index in [1.807, 2.05) is 0 Å². The molecule has 0 aliphatic heterocycles. The smallest absolute Gasteiger partial charge is 0.260 e. The summed E-state index contributed by atoms with van der Waals surface area (Å²) in [6.45, 7) is 0. The summed E-state index contributed by atoms with van der Waals surface area (Å²) in [5.74, 6) is -0.412. The average molecular weight is 292 g/mol. The Morgan fingerprint density at radius 2 is 1.83 bits per heavy atom. The van der Waals surface area contributed by atoms with E-state index < -0.39 is 28.8 Å². The van der Waals surface area contributed by atoms with Crippen LogP contribution in [0.3, 0.4) is 0 Å². The topological polar surface area (TPSA) is 37.3 Å². The van der Waals surface area contributed by atoms with Gasteiger partial charge >= 0.3 is 12.4 Å². The Bertz CT molecular complexity index is 453. The Morgan fingerprint density at radius 1 is 1.22 bits per heavy atom. The largest absolute Gasteiger partial charge is 0.428 e. The third-order valence-corrected chi connectivity index (χ3v) is 1.84. The summed E-state index contributed by atoms with van der Waals surface area (Å²) in [7, 11) is 0. The summed E-state index contributed by atoms with van der Waals surface area (Å²) < 4.78 is 71.7. The predicted molar refractivity (Wildman–Crippen MR) is 52.4 cm³/mol. The second kappa shape index (κ2) is 5.01. The Balaban J connectivity index is 2.84. The molecule has 0 amide bonds. The number of aromatic nitrogens is 1. The monoisotopic (exact) mass is 291 g/mol. The Hall–Kier alpha value is -1.51. The van der Waals surface area contributed by atoms with Crippen molar-refractivity contribution in [3.8, 4) is 0 Å². The maximum atomic E-state index is 12.2. The second-order valence-corrected chi connectivity index (χ2v) is 3.37. The third kappa shape index (κ3) is 4.40. The number of anilines is 1. The van der Waals surface area contributed by atoms with Crippen LogP contribution in [0.15, 0.2) is 17.4 Å². The van der Waals surface area contributed by atoms with Crippen LogP contribution in [-0.2, 0) is 6.18 Å². The normalized spacial score (nSPS) is 13.1. The van der Waals surface area contributed by atoms with Crippen molar-refractivity contribution < 1.29 is 26.3 Å². The van der Waals surface area contributed by atoms with E-state index in [-0.39, 0.29) is 6.21 Å². The van der Waals surface area contributed by atoms with Gasteiger partial charge in [-0.05, 0) is 6.07 Å². The van der Waals surface area contributed by atoms with Crippen molar-refractivity contribution in [2.75, 3.05) is 5.43 Å². The molecule has 3 nitrogen and oxygen atoms in total. The van der Waals surface area contributed by atoms with E-state index >= 15 is 0 Å². The molecule has 18 heavy (non-hydrogen) atoms. The lowest BCUT2D eigenvalue weighted by Crippen LogP contribution is -2.10. The zero-order valence-corrected chi connectivity index (χ0v) is 9.03. The second-order valence-electron chi connectivity index (χ2n) is 2.96. The minimum atomic E-state index is -4.65. The molecule has 10 heteroatoms. The summed E-state index contributed by atoms with van der Waals surface area (Å²) in [4.78, 5) is 3.22. The van der Waals surface area contributed by atoms with E-state index in [0.717, 1.165) is 0 Å². The van der Waals surface area contributed by atoms with Gasteiger partial charge in [0, 0.05) is 6.20 Å². The molecule has 1 rings (SSSR count). The first-order chi connectivity index (χ1) is 8.09. The standard InChI is InChI=1S/C8H4ClF6N3/c9-5-1-4(8(13,14)15)2-16-6(5)18-17-3-7(10,11)12/h1-3H,(H,16,18)/b17-3+. The van der Waals surface area contributed by atoms with Crippen LogP contribution in [0.1, 0.15) is 5.56 Å². The zero-order chi connectivity index (χ0) is 14.0. The predicted octanol–water partition coefficient (Wildman–Crippen LogP) is 3.71. The molecule has 1 heterocycles. The van der Waals surface area contributed by atoms with Crippen molar-refractivity contribution in [2.45, 2.75) is 12.4 Å². The van der Waals surface area contributed by atoms with Gasteiger partial charge in [0.05, 0.1) is 10.6 Å². The molecule has 0 aliphatic carbocycles. The molecule has 0 bridgehead atoms. The first-order valence-electron chi connectivity index (χ1n) is 4.19. The van der Waals surface area contributed by atoms with Gasteiger partial charge in [0.15, 0.2) is 5.82 Å². The number of pyridine rings is 1. The van der Waals surface area contributed by atoms with E-state index in [1.54, 1.807) is 5.43 Å². The van der Waals surface area contributed by atoms with E-state index in [4.69, 9.17) is 11.6 Å². The molecule has 100 valence electrons. The van der Waals surface area contributed by atoms with Crippen molar-refractivity contribution in [3.05, 3.63) is 22.8 Å². The fourth-order valence-corrected chi connectivity index (χ4v) is 1.05. The number of nitrogens with zero attached hydrogens (tertiary/aromatic N) is 2. The van der Waals surface area contributed by atoms with Crippen LogP contribution < -0.4 is 5.43 Å². The number of hydrazone groups is 1. The Kier molecular flexibility index (Phi) is 4.05. The summed E-state index contributed by atoms with van der Waals surface area (Å²) in [5, 5.41) is 2.24. The molecule has 0 saturated heterocycles. The van der Waals surface area contributed by atoms with Crippen molar-refractivity contribution >= 4 is 23.6 Å². The molecule has 1 aromatic rings. The van der Waals surface area contributed by atoms with Crippen molar-refractivity contribution in [1.82, 2.24) is 4.98 Å².